The number of aryl methyl sites for hydroxylation is 1. The Morgan fingerprint density at radius 1 is 1.19 bits per heavy atom. The molecule has 0 unspecified atom stereocenters. The van der Waals surface area contributed by atoms with Gasteiger partial charge in [-0.3, -0.25) is 9.10 Å². The van der Waals surface area contributed by atoms with Gasteiger partial charge in [0.1, 0.15) is 5.75 Å². The molecular weight excluding hydrogens is 364 g/mol. The van der Waals surface area contributed by atoms with Crippen molar-refractivity contribution in [3.8, 4) is 5.75 Å². The smallest absolute Gasteiger partial charge is 0.267 e. The number of hydrogen-bond acceptors (Lipinski definition) is 4. The highest BCUT2D eigenvalue weighted by Crippen LogP contribution is 2.34. The second-order valence-electron chi connectivity index (χ2n) is 6.66. The molecule has 2 aromatic carbocycles. The molecular formula is C20H24N2O4S. The highest BCUT2D eigenvalue weighted by atomic mass is 32.2. The normalized spacial score (nSPS) is 16.4. The third kappa shape index (κ3) is 4.60. The van der Waals surface area contributed by atoms with Crippen molar-refractivity contribution >= 4 is 27.3 Å². The number of amides is 1. The second-order valence-corrected chi connectivity index (χ2v) is 8.56. The summed E-state index contributed by atoms with van der Waals surface area (Å²) in [6, 6.07) is 14.5. The van der Waals surface area contributed by atoms with Gasteiger partial charge in [-0.25, -0.2) is 8.42 Å². The van der Waals surface area contributed by atoms with Gasteiger partial charge in [0.2, 0.25) is 10.0 Å². The molecule has 0 aliphatic carbocycles. The number of nitrogens with zero attached hydrogens (tertiary/aromatic N) is 1. The molecule has 0 aromatic heterocycles. The third-order valence-corrected chi connectivity index (χ3v) is 5.61. The number of benzene rings is 2. The number of anilines is 2. The van der Waals surface area contributed by atoms with E-state index in [1.807, 2.05) is 24.3 Å². The summed E-state index contributed by atoms with van der Waals surface area (Å²) in [7, 11) is -3.52. The van der Waals surface area contributed by atoms with E-state index in [-0.39, 0.29) is 12.5 Å². The fraction of sp³-hybridized carbons (Fsp3) is 0.350. The Morgan fingerprint density at radius 2 is 1.89 bits per heavy atom. The molecule has 2 aromatic rings. The van der Waals surface area contributed by atoms with Crippen LogP contribution < -0.4 is 14.4 Å². The molecule has 1 heterocycles. The first kappa shape index (κ1) is 19.2. The summed E-state index contributed by atoms with van der Waals surface area (Å²) < 4.78 is 31.2. The molecule has 0 radical (unpaired) electrons. The number of rotatable bonds is 6. The topological polar surface area (TPSA) is 75.7 Å². The number of carbonyl (C=O) groups is 1. The number of unbranched alkanes of at least 4 members (excludes halogenated alkanes) is 1. The maximum Gasteiger partial charge on any atom is 0.267 e. The lowest BCUT2D eigenvalue weighted by atomic mass is 10.1. The monoisotopic (exact) mass is 388 g/mol. The number of ether oxygens (including phenoxy) is 1. The van der Waals surface area contributed by atoms with Crippen molar-refractivity contribution < 1.29 is 17.9 Å². The Labute approximate surface area is 160 Å². The summed E-state index contributed by atoms with van der Waals surface area (Å²) in [5.74, 6) is 0.00343. The average Bonchev–Trinajstić information content (AvgIpc) is 2.65. The summed E-state index contributed by atoms with van der Waals surface area (Å²) in [4.78, 5) is 12.6. The summed E-state index contributed by atoms with van der Waals surface area (Å²) in [6.07, 6.45) is 3.47. The van der Waals surface area contributed by atoms with Crippen molar-refractivity contribution in [3.05, 3.63) is 54.1 Å². The van der Waals surface area contributed by atoms with Crippen LogP contribution in [0.2, 0.25) is 0 Å². The van der Waals surface area contributed by atoms with E-state index in [9.17, 15) is 13.2 Å². The summed E-state index contributed by atoms with van der Waals surface area (Å²) in [5, 5.41) is 2.81. The molecule has 1 atom stereocenters. The summed E-state index contributed by atoms with van der Waals surface area (Å²) in [6.45, 7) is 2.09. The molecule has 1 aliphatic heterocycles. The highest BCUT2D eigenvalue weighted by Gasteiger charge is 2.34. The average molecular weight is 388 g/mol. The van der Waals surface area contributed by atoms with Crippen molar-refractivity contribution in [2.24, 2.45) is 0 Å². The van der Waals surface area contributed by atoms with E-state index in [4.69, 9.17) is 4.74 Å². The van der Waals surface area contributed by atoms with Crippen LogP contribution >= 0.6 is 0 Å². The van der Waals surface area contributed by atoms with Crippen molar-refractivity contribution in [2.75, 3.05) is 22.4 Å². The summed E-state index contributed by atoms with van der Waals surface area (Å²) in [5.41, 5.74) is 2.33. The number of hydrogen-bond donors (Lipinski definition) is 1. The molecule has 1 N–H and O–H groups in total. The van der Waals surface area contributed by atoms with Crippen LogP contribution in [-0.4, -0.2) is 33.2 Å². The van der Waals surface area contributed by atoms with E-state index in [1.165, 1.54) is 9.87 Å². The number of nitrogens with one attached hydrogen (secondary N) is 1. The maximum absolute atomic E-state index is 12.6. The van der Waals surface area contributed by atoms with Crippen LogP contribution in [0.4, 0.5) is 11.4 Å². The number of fused-ring (bicyclic) bond motifs is 1. The van der Waals surface area contributed by atoms with Gasteiger partial charge in [-0.2, -0.15) is 0 Å². The lowest BCUT2D eigenvalue weighted by molar-refractivity contribution is -0.122. The van der Waals surface area contributed by atoms with Gasteiger partial charge in [-0.05, 0) is 42.7 Å². The van der Waals surface area contributed by atoms with Crippen LogP contribution in [0, 0.1) is 0 Å². The van der Waals surface area contributed by atoms with E-state index >= 15 is 0 Å². The minimum atomic E-state index is -3.52. The third-order valence-electron chi connectivity index (χ3n) is 4.47. The predicted octanol–water partition coefficient (Wildman–Crippen LogP) is 3.19. The van der Waals surface area contributed by atoms with Gasteiger partial charge in [-0.1, -0.05) is 37.6 Å². The van der Waals surface area contributed by atoms with E-state index in [2.05, 4.69) is 12.2 Å². The van der Waals surface area contributed by atoms with Gasteiger partial charge in [0.25, 0.3) is 5.91 Å². The van der Waals surface area contributed by atoms with E-state index < -0.39 is 16.1 Å². The molecule has 0 spiro atoms. The lowest BCUT2D eigenvalue weighted by Crippen LogP contribution is -2.48. The predicted molar refractivity (Wildman–Crippen MR) is 107 cm³/mol. The van der Waals surface area contributed by atoms with Crippen LogP contribution in [0.1, 0.15) is 25.3 Å². The van der Waals surface area contributed by atoms with Gasteiger partial charge >= 0.3 is 0 Å². The Balaban J connectivity index is 1.74. The molecule has 0 fully saturated rings. The first-order valence-corrected chi connectivity index (χ1v) is 10.9. The van der Waals surface area contributed by atoms with Crippen molar-refractivity contribution in [1.82, 2.24) is 0 Å². The van der Waals surface area contributed by atoms with E-state index in [0.717, 1.165) is 25.5 Å². The van der Waals surface area contributed by atoms with Crippen LogP contribution in [0.15, 0.2) is 48.5 Å². The fourth-order valence-corrected chi connectivity index (χ4v) is 3.93. The van der Waals surface area contributed by atoms with Crippen LogP contribution in [0.5, 0.6) is 5.75 Å². The molecule has 0 bridgehead atoms. The van der Waals surface area contributed by atoms with Crippen LogP contribution in [0.3, 0.4) is 0 Å². The van der Waals surface area contributed by atoms with Crippen molar-refractivity contribution in [1.29, 1.82) is 0 Å². The molecule has 6 nitrogen and oxygen atoms in total. The Hall–Kier alpha value is -2.54. The molecule has 0 saturated heterocycles. The second kappa shape index (κ2) is 8.00. The number of carbonyl (C=O) groups excluding carboxylic acids is 1. The Morgan fingerprint density at radius 3 is 2.56 bits per heavy atom. The first-order chi connectivity index (χ1) is 12.9. The van der Waals surface area contributed by atoms with Gasteiger partial charge in [-0.15, -0.1) is 0 Å². The number of para-hydroxylation sites is 2. The van der Waals surface area contributed by atoms with Gasteiger partial charge < -0.3 is 10.1 Å². The van der Waals surface area contributed by atoms with Crippen LogP contribution in [-0.2, 0) is 21.2 Å². The minimum absolute atomic E-state index is 0.0593. The first-order valence-electron chi connectivity index (χ1n) is 9.01. The van der Waals surface area contributed by atoms with Crippen LogP contribution in [0.25, 0.3) is 0 Å². The fourth-order valence-electron chi connectivity index (χ4n) is 3.01. The minimum Gasteiger partial charge on any atom is -0.476 e. The lowest BCUT2D eigenvalue weighted by Gasteiger charge is -2.33. The molecule has 0 saturated carbocycles. The van der Waals surface area contributed by atoms with Crippen molar-refractivity contribution in [3.63, 3.8) is 0 Å². The standard InChI is InChI=1S/C20H24N2O4S/c1-3-4-7-15-10-12-16(13-11-15)21-20(23)19-14-22(27(2,24)25)17-8-5-6-9-18(17)26-19/h5-6,8-13,19H,3-4,7,14H2,1-2H3,(H,21,23)/t19-/m0/s1. The SMILES string of the molecule is CCCCc1ccc(NC(=O)[C@@H]2CN(S(C)(=O)=O)c3ccccc3O2)cc1. The van der Waals surface area contributed by atoms with E-state index in [1.54, 1.807) is 24.3 Å². The van der Waals surface area contributed by atoms with Gasteiger partial charge in [0.05, 0.1) is 18.5 Å². The zero-order valence-electron chi connectivity index (χ0n) is 15.5. The van der Waals surface area contributed by atoms with Crippen molar-refractivity contribution in [2.45, 2.75) is 32.3 Å². The zero-order chi connectivity index (χ0) is 19.4. The molecule has 1 aliphatic rings. The Kier molecular flexibility index (Phi) is 5.70. The molecule has 144 valence electrons. The molecule has 27 heavy (non-hydrogen) atoms. The zero-order valence-corrected chi connectivity index (χ0v) is 16.3. The Bertz CT molecular complexity index is 910. The van der Waals surface area contributed by atoms with E-state index in [0.29, 0.717) is 17.1 Å². The van der Waals surface area contributed by atoms with Gasteiger partial charge in [0.15, 0.2) is 6.10 Å². The number of sulfonamides is 1. The molecule has 1 amide bonds. The highest BCUT2D eigenvalue weighted by molar-refractivity contribution is 7.92. The molecule has 3 rings (SSSR count). The maximum atomic E-state index is 12.6. The summed E-state index contributed by atoms with van der Waals surface area (Å²) >= 11 is 0. The molecule has 7 heteroatoms. The largest absolute Gasteiger partial charge is 0.476 e. The van der Waals surface area contributed by atoms with Gasteiger partial charge in [0, 0.05) is 5.69 Å². The quantitative estimate of drug-likeness (QED) is 0.825.